The molecular formula is C26H34N4O5. The van der Waals surface area contributed by atoms with Gasteiger partial charge in [-0.2, -0.15) is 4.98 Å². The number of benzene rings is 1. The van der Waals surface area contributed by atoms with Crippen molar-refractivity contribution in [3.8, 4) is 17.0 Å². The molecule has 188 valence electrons. The minimum atomic E-state index is -0.0931. The van der Waals surface area contributed by atoms with Crippen LogP contribution in [0.3, 0.4) is 0 Å². The van der Waals surface area contributed by atoms with Crippen LogP contribution in [0.2, 0.25) is 0 Å². The molecule has 3 fully saturated rings. The average Bonchev–Trinajstić information content (AvgIpc) is 3.75. The number of nitrogens with one attached hydrogen (secondary N) is 1. The van der Waals surface area contributed by atoms with E-state index in [1.807, 2.05) is 42.2 Å². The molecule has 2 aromatic rings. The number of aliphatic hydroxyl groups is 1. The smallest absolute Gasteiger partial charge is 0.322 e. The van der Waals surface area contributed by atoms with Crippen LogP contribution in [-0.2, 0) is 9.47 Å². The molecule has 9 nitrogen and oxygen atoms in total. The predicted molar refractivity (Wildman–Crippen MR) is 133 cm³/mol. The van der Waals surface area contributed by atoms with Crippen molar-refractivity contribution in [2.75, 3.05) is 69.4 Å². The molecule has 2 N–H and O–H groups in total. The Labute approximate surface area is 206 Å². The summed E-state index contributed by atoms with van der Waals surface area (Å²) >= 11 is 0. The highest BCUT2D eigenvalue weighted by atomic mass is 16.5. The van der Waals surface area contributed by atoms with Gasteiger partial charge in [-0.3, -0.25) is 0 Å². The quantitative estimate of drug-likeness (QED) is 0.626. The van der Waals surface area contributed by atoms with Crippen LogP contribution in [0.25, 0.3) is 11.1 Å². The van der Waals surface area contributed by atoms with E-state index in [0.29, 0.717) is 44.7 Å². The van der Waals surface area contributed by atoms with Crippen molar-refractivity contribution < 1.29 is 24.1 Å². The van der Waals surface area contributed by atoms with Crippen molar-refractivity contribution in [3.05, 3.63) is 35.9 Å². The van der Waals surface area contributed by atoms with E-state index in [2.05, 4.69) is 15.2 Å². The minimum absolute atomic E-state index is 0.0809. The molecular weight excluding hydrogens is 448 g/mol. The van der Waals surface area contributed by atoms with Crippen molar-refractivity contribution in [2.45, 2.75) is 25.9 Å². The van der Waals surface area contributed by atoms with Crippen molar-refractivity contribution in [2.24, 2.45) is 5.92 Å². The second-order valence-corrected chi connectivity index (χ2v) is 9.38. The van der Waals surface area contributed by atoms with Gasteiger partial charge in [0.2, 0.25) is 5.88 Å². The van der Waals surface area contributed by atoms with Gasteiger partial charge in [-0.15, -0.1) is 0 Å². The van der Waals surface area contributed by atoms with Crippen LogP contribution >= 0.6 is 0 Å². The fraction of sp³-hybridized carbons (Fsp3) is 0.538. The zero-order chi connectivity index (χ0) is 24.2. The SMILES string of the molecule is Cc1ccc(NC(=O)N2CCOC(C3CC3)C2)cc1-c1cc(OCCO)nc(N2CCOCC2)c1. The Hall–Kier alpha value is -2.88. The van der Waals surface area contributed by atoms with Gasteiger partial charge in [-0.1, -0.05) is 6.07 Å². The van der Waals surface area contributed by atoms with Crippen molar-refractivity contribution in [3.63, 3.8) is 0 Å². The average molecular weight is 483 g/mol. The maximum Gasteiger partial charge on any atom is 0.322 e. The normalized spacial score (nSPS) is 20.6. The standard InChI is InChI=1S/C26H34N4O5/c1-18-2-5-21(27-26(32)30-8-12-34-23(17-30)19-3-4-19)16-22(18)20-14-24(29-6-10-33-11-7-29)28-25(15-20)35-13-9-31/h2,5,14-16,19,23,31H,3-4,6-13,17H2,1H3,(H,27,32). The zero-order valence-electron chi connectivity index (χ0n) is 20.2. The molecule has 2 aliphatic heterocycles. The first-order valence-electron chi connectivity index (χ1n) is 12.5. The van der Waals surface area contributed by atoms with Crippen molar-refractivity contribution in [1.82, 2.24) is 9.88 Å². The summed E-state index contributed by atoms with van der Waals surface area (Å²) in [7, 11) is 0. The van der Waals surface area contributed by atoms with Crippen LogP contribution in [0.1, 0.15) is 18.4 Å². The van der Waals surface area contributed by atoms with Crippen LogP contribution in [-0.4, -0.2) is 86.3 Å². The lowest BCUT2D eigenvalue weighted by atomic mass is 10.0. The molecule has 35 heavy (non-hydrogen) atoms. The number of amides is 2. The van der Waals surface area contributed by atoms with E-state index < -0.39 is 0 Å². The highest BCUT2D eigenvalue weighted by Gasteiger charge is 2.36. The van der Waals surface area contributed by atoms with Gasteiger partial charge < -0.3 is 34.4 Å². The minimum Gasteiger partial charge on any atom is -0.475 e. The molecule has 2 amide bonds. The summed E-state index contributed by atoms with van der Waals surface area (Å²) in [6.45, 7) is 6.81. The van der Waals surface area contributed by atoms with E-state index in [9.17, 15) is 9.90 Å². The first-order valence-corrected chi connectivity index (χ1v) is 12.5. The lowest BCUT2D eigenvalue weighted by Crippen LogP contribution is -2.48. The van der Waals surface area contributed by atoms with E-state index in [-0.39, 0.29) is 25.3 Å². The number of ether oxygens (including phenoxy) is 3. The highest BCUT2D eigenvalue weighted by Crippen LogP contribution is 2.36. The number of hydrogen-bond donors (Lipinski definition) is 2. The molecule has 0 radical (unpaired) electrons. The third-order valence-electron chi connectivity index (χ3n) is 6.79. The molecule has 0 bridgehead atoms. The summed E-state index contributed by atoms with van der Waals surface area (Å²) in [6, 6.07) is 9.79. The van der Waals surface area contributed by atoms with Crippen LogP contribution < -0.4 is 15.0 Å². The van der Waals surface area contributed by atoms with E-state index in [0.717, 1.165) is 41.3 Å². The van der Waals surface area contributed by atoms with E-state index >= 15 is 0 Å². The van der Waals surface area contributed by atoms with Crippen LogP contribution in [0, 0.1) is 12.8 Å². The Kier molecular flexibility index (Phi) is 7.36. The fourth-order valence-electron chi connectivity index (χ4n) is 4.65. The second kappa shape index (κ2) is 10.8. The number of pyridine rings is 1. The van der Waals surface area contributed by atoms with Gasteiger partial charge in [0, 0.05) is 37.9 Å². The molecule has 2 saturated heterocycles. The number of rotatable bonds is 7. The Morgan fingerprint density at radius 1 is 1.17 bits per heavy atom. The first-order chi connectivity index (χ1) is 17.1. The number of carbonyl (C=O) groups excluding carboxylic acids is 1. The molecule has 1 unspecified atom stereocenters. The summed E-state index contributed by atoms with van der Waals surface area (Å²) in [5, 5.41) is 12.3. The van der Waals surface area contributed by atoms with Crippen molar-refractivity contribution in [1.29, 1.82) is 0 Å². The van der Waals surface area contributed by atoms with Crippen LogP contribution in [0.4, 0.5) is 16.3 Å². The number of morpholine rings is 2. The summed E-state index contributed by atoms with van der Waals surface area (Å²) in [6.07, 6.45) is 2.56. The Bertz CT molecular complexity index is 1040. The summed E-state index contributed by atoms with van der Waals surface area (Å²) in [5.41, 5.74) is 3.76. The van der Waals surface area contributed by atoms with Gasteiger partial charge in [0.1, 0.15) is 12.4 Å². The number of anilines is 2. The molecule has 0 spiro atoms. The Morgan fingerprint density at radius 3 is 2.77 bits per heavy atom. The number of nitrogens with zero attached hydrogens (tertiary/aromatic N) is 3. The van der Waals surface area contributed by atoms with E-state index in [4.69, 9.17) is 14.2 Å². The lowest BCUT2D eigenvalue weighted by Gasteiger charge is -2.33. The van der Waals surface area contributed by atoms with E-state index in [1.54, 1.807) is 0 Å². The zero-order valence-corrected chi connectivity index (χ0v) is 20.2. The third kappa shape index (κ3) is 5.86. The summed E-state index contributed by atoms with van der Waals surface area (Å²) in [5.74, 6) is 1.88. The lowest BCUT2D eigenvalue weighted by molar-refractivity contribution is -0.0234. The monoisotopic (exact) mass is 482 g/mol. The van der Waals surface area contributed by atoms with Gasteiger partial charge >= 0.3 is 6.03 Å². The predicted octanol–water partition coefficient (Wildman–Crippen LogP) is 2.91. The largest absolute Gasteiger partial charge is 0.475 e. The van der Waals surface area contributed by atoms with Crippen LogP contribution in [0.15, 0.2) is 30.3 Å². The molecule has 1 atom stereocenters. The van der Waals surface area contributed by atoms with Gasteiger partial charge in [0.15, 0.2) is 0 Å². The molecule has 1 aliphatic carbocycles. The topological polar surface area (TPSA) is 96.4 Å². The Morgan fingerprint density at radius 2 is 2.00 bits per heavy atom. The fourth-order valence-corrected chi connectivity index (χ4v) is 4.65. The molecule has 9 heteroatoms. The van der Waals surface area contributed by atoms with Crippen molar-refractivity contribution >= 4 is 17.5 Å². The van der Waals surface area contributed by atoms with Gasteiger partial charge in [0.25, 0.3) is 0 Å². The number of carbonyl (C=O) groups is 1. The Balaban J connectivity index is 1.37. The van der Waals surface area contributed by atoms with Gasteiger partial charge in [-0.25, -0.2) is 4.79 Å². The number of urea groups is 1. The second-order valence-electron chi connectivity index (χ2n) is 9.38. The molecule has 3 aliphatic rings. The molecule has 1 aromatic carbocycles. The maximum absolute atomic E-state index is 13.0. The van der Waals surface area contributed by atoms with Crippen LogP contribution in [0.5, 0.6) is 5.88 Å². The summed E-state index contributed by atoms with van der Waals surface area (Å²) < 4.78 is 17.0. The molecule has 3 heterocycles. The molecule has 5 rings (SSSR count). The number of aromatic nitrogens is 1. The maximum atomic E-state index is 13.0. The number of hydrogen-bond acceptors (Lipinski definition) is 7. The van der Waals surface area contributed by atoms with E-state index in [1.165, 1.54) is 12.8 Å². The van der Waals surface area contributed by atoms with Gasteiger partial charge in [0.05, 0.1) is 32.5 Å². The van der Waals surface area contributed by atoms with Gasteiger partial charge in [-0.05, 0) is 60.6 Å². The molecule has 1 saturated carbocycles. The third-order valence-corrected chi connectivity index (χ3v) is 6.79. The summed E-state index contributed by atoms with van der Waals surface area (Å²) in [4.78, 5) is 21.7. The number of aryl methyl sites for hydroxylation is 1. The highest BCUT2D eigenvalue weighted by molar-refractivity contribution is 5.90. The molecule has 1 aromatic heterocycles. The first kappa shape index (κ1) is 23.8. The number of aliphatic hydroxyl groups excluding tert-OH is 1.